The minimum atomic E-state index is -0.878. The van der Waals surface area contributed by atoms with Crippen LogP contribution in [0.25, 0.3) is 0 Å². The number of amides is 1. The summed E-state index contributed by atoms with van der Waals surface area (Å²) in [7, 11) is 3.21. The predicted octanol–water partition coefficient (Wildman–Crippen LogP) is 2.46. The van der Waals surface area contributed by atoms with Crippen LogP contribution in [0, 0.1) is 0 Å². The number of hydrogen-bond acceptors (Lipinski definition) is 5. The van der Waals surface area contributed by atoms with E-state index in [4.69, 9.17) is 9.47 Å². The molecule has 3 rings (SSSR count). The second-order valence-electron chi connectivity index (χ2n) is 7.01. The van der Waals surface area contributed by atoms with Gasteiger partial charge in [0.1, 0.15) is 17.5 Å². The summed E-state index contributed by atoms with van der Waals surface area (Å²) in [5, 5.41) is 12.4. The topological polar surface area (TPSA) is 88.1 Å². The van der Waals surface area contributed by atoms with Gasteiger partial charge in [-0.05, 0) is 54.8 Å². The summed E-state index contributed by atoms with van der Waals surface area (Å²) in [5.41, 5.74) is 1.81. The van der Waals surface area contributed by atoms with Gasteiger partial charge >= 0.3 is 5.97 Å². The van der Waals surface area contributed by atoms with Gasteiger partial charge < -0.3 is 19.9 Å². The Bertz CT molecular complexity index is 788. The first-order chi connectivity index (χ1) is 14.0. The maximum Gasteiger partial charge on any atom is 0.320 e. The van der Waals surface area contributed by atoms with Gasteiger partial charge in [-0.2, -0.15) is 0 Å². The van der Waals surface area contributed by atoms with Crippen molar-refractivity contribution in [2.24, 2.45) is 0 Å². The Morgan fingerprint density at radius 1 is 1.03 bits per heavy atom. The van der Waals surface area contributed by atoms with Crippen LogP contribution in [0.3, 0.4) is 0 Å². The molecule has 1 heterocycles. The highest BCUT2D eigenvalue weighted by molar-refractivity contribution is 5.81. The standard InChI is InChI=1S/C22H26N2O5/c1-28-17-9-5-15(6-10-17)21(16-7-11-18(29-2)12-8-16)23-20(25)14-24-13-3-4-19(24)22(26)27/h5-12,19,21H,3-4,13-14H2,1-2H3,(H,23,25)(H,26,27). The Labute approximate surface area is 170 Å². The number of aliphatic carboxylic acids is 1. The van der Waals surface area contributed by atoms with Gasteiger partial charge in [-0.25, -0.2) is 0 Å². The summed E-state index contributed by atoms with van der Waals surface area (Å²) in [6, 6.07) is 14.0. The number of nitrogens with one attached hydrogen (secondary N) is 1. The van der Waals surface area contributed by atoms with Crippen molar-refractivity contribution in [1.29, 1.82) is 0 Å². The molecule has 7 nitrogen and oxygen atoms in total. The Hall–Kier alpha value is -3.06. The molecule has 1 aliphatic heterocycles. The molecule has 1 amide bonds. The number of carbonyl (C=O) groups is 2. The monoisotopic (exact) mass is 398 g/mol. The van der Waals surface area contributed by atoms with Crippen LogP contribution < -0.4 is 14.8 Å². The summed E-state index contributed by atoms with van der Waals surface area (Å²) < 4.78 is 10.4. The van der Waals surface area contributed by atoms with Crippen LogP contribution in [0.4, 0.5) is 0 Å². The van der Waals surface area contributed by atoms with Gasteiger partial charge in [0.15, 0.2) is 0 Å². The Balaban J connectivity index is 1.80. The van der Waals surface area contributed by atoms with Crippen LogP contribution in [-0.4, -0.2) is 55.2 Å². The van der Waals surface area contributed by atoms with Crippen LogP contribution in [-0.2, 0) is 9.59 Å². The number of nitrogens with zero attached hydrogens (tertiary/aromatic N) is 1. The van der Waals surface area contributed by atoms with E-state index in [0.717, 1.165) is 29.0 Å². The number of ether oxygens (including phenoxy) is 2. The fourth-order valence-corrected chi connectivity index (χ4v) is 3.64. The molecule has 0 saturated carbocycles. The Kier molecular flexibility index (Phi) is 6.72. The number of rotatable bonds is 8. The SMILES string of the molecule is COc1ccc(C(NC(=O)CN2CCCC2C(=O)O)c2ccc(OC)cc2)cc1. The van der Waals surface area contributed by atoms with Crippen molar-refractivity contribution in [3.8, 4) is 11.5 Å². The lowest BCUT2D eigenvalue weighted by molar-refractivity contribution is -0.142. The van der Waals surface area contributed by atoms with Crippen LogP contribution in [0.5, 0.6) is 11.5 Å². The van der Waals surface area contributed by atoms with Gasteiger partial charge in [-0.1, -0.05) is 24.3 Å². The lowest BCUT2D eigenvalue weighted by Gasteiger charge is -2.24. The Morgan fingerprint density at radius 2 is 1.55 bits per heavy atom. The van der Waals surface area contributed by atoms with E-state index in [0.29, 0.717) is 13.0 Å². The molecule has 1 atom stereocenters. The number of hydrogen-bond donors (Lipinski definition) is 2. The normalized spacial score (nSPS) is 16.6. The van der Waals surface area contributed by atoms with E-state index >= 15 is 0 Å². The molecule has 2 aromatic carbocycles. The van der Waals surface area contributed by atoms with Crippen LogP contribution in [0.2, 0.25) is 0 Å². The molecular formula is C22H26N2O5. The first-order valence-electron chi connectivity index (χ1n) is 9.56. The molecule has 0 radical (unpaired) electrons. The second kappa shape index (κ2) is 9.43. The zero-order valence-corrected chi connectivity index (χ0v) is 16.6. The highest BCUT2D eigenvalue weighted by atomic mass is 16.5. The number of likely N-dealkylation sites (tertiary alicyclic amines) is 1. The molecule has 154 valence electrons. The Morgan fingerprint density at radius 3 is 2.00 bits per heavy atom. The van der Waals surface area contributed by atoms with Gasteiger partial charge in [0.2, 0.25) is 5.91 Å². The molecule has 1 fully saturated rings. The average molecular weight is 398 g/mol. The number of carboxylic acid groups (broad SMARTS) is 1. The molecule has 1 aliphatic rings. The van der Waals surface area contributed by atoms with E-state index < -0.39 is 12.0 Å². The number of carboxylic acids is 1. The third kappa shape index (κ3) is 5.06. The smallest absolute Gasteiger partial charge is 0.320 e. The quantitative estimate of drug-likeness (QED) is 0.710. The van der Waals surface area contributed by atoms with Crippen molar-refractivity contribution >= 4 is 11.9 Å². The molecule has 2 aromatic rings. The third-order valence-electron chi connectivity index (χ3n) is 5.20. The summed E-state index contributed by atoms with van der Waals surface area (Å²) in [6.07, 6.45) is 1.35. The first kappa shape index (κ1) is 20.7. The second-order valence-corrected chi connectivity index (χ2v) is 7.01. The van der Waals surface area contributed by atoms with Crippen LogP contribution in [0.15, 0.2) is 48.5 Å². The van der Waals surface area contributed by atoms with Crippen LogP contribution >= 0.6 is 0 Å². The minimum Gasteiger partial charge on any atom is -0.497 e. The fourth-order valence-electron chi connectivity index (χ4n) is 3.64. The molecule has 0 spiro atoms. The van der Waals surface area contributed by atoms with Crippen molar-refractivity contribution < 1.29 is 24.2 Å². The van der Waals surface area contributed by atoms with Gasteiger partial charge in [0.05, 0.1) is 26.8 Å². The lowest BCUT2D eigenvalue weighted by atomic mass is 9.98. The molecule has 2 N–H and O–H groups in total. The minimum absolute atomic E-state index is 0.0553. The van der Waals surface area contributed by atoms with Crippen LogP contribution in [0.1, 0.15) is 30.0 Å². The van der Waals surface area contributed by atoms with Gasteiger partial charge in [0.25, 0.3) is 0 Å². The van der Waals surface area contributed by atoms with E-state index in [1.54, 1.807) is 19.1 Å². The molecule has 0 aliphatic carbocycles. The van der Waals surface area contributed by atoms with E-state index in [1.165, 1.54) is 0 Å². The van der Waals surface area contributed by atoms with Gasteiger partial charge in [0, 0.05) is 0 Å². The van der Waals surface area contributed by atoms with Crippen molar-refractivity contribution in [3.63, 3.8) is 0 Å². The highest BCUT2D eigenvalue weighted by Gasteiger charge is 2.32. The largest absolute Gasteiger partial charge is 0.497 e. The van der Waals surface area contributed by atoms with Gasteiger partial charge in [-0.3, -0.25) is 14.5 Å². The van der Waals surface area contributed by atoms with Crippen molar-refractivity contribution in [2.75, 3.05) is 27.3 Å². The van der Waals surface area contributed by atoms with Gasteiger partial charge in [-0.15, -0.1) is 0 Å². The van der Waals surface area contributed by atoms with E-state index in [2.05, 4.69) is 5.32 Å². The maximum absolute atomic E-state index is 12.8. The van der Waals surface area contributed by atoms with E-state index in [-0.39, 0.29) is 18.5 Å². The third-order valence-corrected chi connectivity index (χ3v) is 5.20. The highest BCUT2D eigenvalue weighted by Crippen LogP contribution is 2.26. The summed E-state index contributed by atoms with van der Waals surface area (Å²) >= 11 is 0. The summed E-state index contributed by atoms with van der Waals surface area (Å²) in [5.74, 6) is 0.372. The van der Waals surface area contributed by atoms with Crippen molar-refractivity contribution in [2.45, 2.75) is 24.9 Å². The zero-order valence-electron chi connectivity index (χ0n) is 16.6. The molecule has 29 heavy (non-hydrogen) atoms. The average Bonchev–Trinajstić information content (AvgIpc) is 3.20. The predicted molar refractivity (Wildman–Crippen MR) is 108 cm³/mol. The van der Waals surface area contributed by atoms with Crippen molar-refractivity contribution in [1.82, 2.24) is 10.2 Å². The number of methoxy groups -OCH3 is 2. The summed E-state index contributed by atoms with van der Waals surface area (Å²) in [6.45, 7) is 0.667. The summed E-state index contributed by atoms with van der Waals surface area (Å²) in [4.78, 5) is 25.9. The molecule has 0 bridgehead atoms. The first-order valence-corrected chi connectivity index (χ1v) is 9.56. The maximum atomic E-state index is 12.8. The molecular weight excluding hydrogens is 372 g/mol. The fraction of sp³-hybridized carbons (Fsp3) is 0.364. The van der Waals surface area contributed by atoms with E-state index in [9.17, 15) is 14.7 Å². The molecule has 1 saturated heterocycles. The molecule has 1 unspecified atom stereocenters. The molecule has 0 aromatic heterocycles. The molecule has 7 heteroatoms. The number of carbonyl (C=O) groups excluding carboxylic acids is 1. The zero-order chi connectivity index (χ0) is 20.8. The van der Waals surface area contributed by atoms with E-state index in [1.807, 2.05) is 48.5 Å². The number of benzene rings is 2. The van der Waals surface area contributed by atoms with Crippen molar-refractivity contribution in [3.05, 3.63) is 59.7 Å². The lowest BCUT2D eigenvalue weighted by Crippen LogP contribution is -2.43.